The van der Waals surface area contributed by atoms with E-state index in [1.54, 1.807) is 7.05 Å². The Morgan fingerprint density at radius 3 is 2.15 bits per heavy atom. The maximum atomic E-state index is 12.5. The minimum Gasteiger partial charge on any atom is -0.403 e. The molecular weight excluding hydrogens is 345 g/mol. The normalized spacial score (nSPS) is 32.3. The number of carbonyl (C=O) groups excluding carboxylic acids is 2. The van der Waals surface area contributed by atoms with Gasteiger partial charge in [-0.2, -0.15) is 0 Å². The lowest BCUT2D eigenvalue weighted by molar-refractivity contribution is -0.150. The van der Waals surface area contributed by atoms with E-state index in [9.17, 15) is 9.59 Å². The van der Waals surface area contributed by atoms with Crippen LogP contribution < -0.4 is 11.5 Å². The maximum absolute atomic E-state index is 12.5. The van der Waals surface area contributed by atoms with Crippen LogP contribution in [0.25, 0.3) is 0 Å². The summed E-state index contributed by atoms with van der Waals surface area (Å²) in [6, 6.07) is 0. The Labute approximate surface area is 163 Å². The van der Waals surface area contributed by atoms with Crippen molar-refractivity contribution in [3.05, 3.63) is 0 Å². The lowest BCUT2D eigenvalue weighted by atomic mass is 9.64. The molecule has 0 aromatic carbocycles. The highest BCUT2D eigenvalue weighted by atomic mass is 16.7. The molecule has 2 rings (SSSR count). The fourth-order valence-electron chi connectivity index (χ4n) is 4.56. The smallest absolute Gasteiger partial charge is 0.403 e. The summed E-state index contributed by atoms with van der Waals surface area (Å²) in [5, 5.41) is 0. The van der Waals surface area contributed by atoms with Crippen LogP contribution in [0.3, 0.4) is 0 Å². The minimum atomic E-state index is -1.01. The van der Waals surface area contributed by atoms with Gasteiger partial charge in [0.25, 0.3) is 0 Å². The summed E-state index contributed by atoms with van der Waals surface area (Å²) >= 11 is 0. The van der Waals surface area contributed by atoms with Gasteiger partial charge in [0.1, 0.15) is 5.54 Å². The van der Waals surface area contributed by atoms with E-state index >= 15 is 0 Å². The van der Waals surface area contributed by atoms with Crippen LogP contribution >= 0.6 is 0 Å². The fraction of sp³-hybridized carbons (Fsp3) is 0.895. The summed E-state index contributed by atoms with van der Waals surface area (Å²) in [4.78, 5) is 26.1. The van der Waals surface area contributed by atoms with Crippen molar-refractivity contribution in [3.63, 3.8) is 0 Å². The van der Waals surface area contributed by atoms with Crippen molar-refractivity contribution < 1.29 is 18.9 Å². The van der Waals surface area contributed by atoms with Crippen molar-refractivity contribution in [3.8, 4) is 0 Å². The van der Waals surface area contributed by atoms with E-state index in [1.807, 2.05) is 27.7 Å². The van der Waals surface area contributed by atoms with Gasteiger partial charge in [0.15, 0.2) is 0 Å². The molecule has 4 N–H and O–H groups in total. The maximum Gasteiger partial charge on any atom is 0.457 e. The van der Waals surface area contributed by atoms with E-state index in [2.05, 4.69) is 0 Å². The molecule has 1 aliphatic heterocycles. The third-order valence-electron chi connectivity index (χ3n) is 7.09. The average molecular weight is 381 g/mol. The Balaban J connectivity index is 2.10. The molecule has 0 aromatic heterocycles. The van der Waals surface area contributed by atoms with Gasteiger partial charge < -0.3 is 25.7 Å². The molecule has 154 valence electrons. The Kier molecular flexibility index (Phi) is 6.34. The molecule has 2 amide bonds. The third kappa shape index (κ3) is 4.03. The first-order valence-corrected chi connectivity index (χ1v) is 9.97. The molecule has 7 nitrogen and oxygen atoms in total. The highest BCUT2D eigenvalue weighted by molar-refractivity contribution is 6.45. The van der Waals surface area contributed by atoms with Crippen LogP contribution in [-0.2, 0) is 18.9 Å². The van der Waals surface area contributed by atoms with Gasteiger partial charge in [0.2, 0.25) is 11.8 Å². The lowest BCUT2D eigenvalue weighted by Gasteiger charge is -2.49. The number of hydrogen-bond donors (Lipinski definition) is 2. The molecule has 0 bridgehead atoms. The molecule has 1 aliphatic carbocycles. The third-order valence-corrected chi connectivity index (χ3v) is 7.09. The standard InChI is InChI=1S/C19H36BN3O4/c1-13(24)23(6)19(16(22)25)11-14(7-8-15(19)12-21)9-10-20-26-17(2,3)18(4,5)27-20/h14-15H,7-12,21H2,1-6H3,(H2,22,25)/t14-,15?,19?/m0/s1. The minimum absolute atomic E-state index is 0.114. The Hall–Kier alpha value is -1.12. The topological polar surface area (TPSA) is 108 Å². The Morgan fingerprint density at radius 2 is 1.70 bits per heavy atom. The van der Waals surface area contributed by atoms with Crippen LogP contribution in [0.2, 0.25) is 6.32 Å². The van der Waals surface area contributed by atoms with E-state index in [1.165, 1.54) is 11.8 Å². The van der Waals surface area contributed by atoms with Crippen LogP contribution in [0.5, 0.6) is 0 Å². The molecule has 27 heavy (non-hydrogen) atoms. The molecule has 1 saturated carbocycles. The quantitative estimate of drug-likeness (QED) is 0.679. The number of carbonyl (C=O) groups is 2. The zero-order valence-corrected chi connectivity index (χ0v) is 17.7. The van der Waals surface area contributed by atoms with Crippen molar-refractivity contribution in [2.45, 2.75) is 83.4 Å². The molecule has 8 heteroatoms. The second-order valence-corrected chi connectivity index (χ2v) is 9.21. The molecular formula is C19H36BN3O4. The van der Waals surface area contributed by atoms with Gasteiger partial charge in [-0.1, -0.05) is 6.42 Å². The number of amides is 2. The van der Waals surface area contributed by atoms with E-state index in [0.717, 1.165) is 25.6 Å². The molecule has 2 unspecified atom stereocenters. The number of primary amides is 1. The van der Waals surface area contributed by atoms with E-state index in [-0.39, 0.29) is 36.1 Å². The van der Waals surface area contributed by atoms with E-state index in [4.69, 9.17) is 20.8 Å². The first kappa shape index (κ1) is 22.2. The fourth-order valence-corrected chi connectivity index (χ4v) is 4.56. The van der Waals surface area contributed by atoms with Gasteiger partial charge in [-0.25, -0.2) is 0 Å². The summed E-state index contributed by atoms with van der Waals surface area (Å²) < 4.78 is 12.2. The second-order valence-electron chi connectivity index (χ2n) is 9.21. The predicted molar refractivity (Wildman–Crippen MR) is 106 cm³/mol. The van der Waals surface area contributed by atoms with Crippen molar-refractivity contribution in [1.82, 2.24) is 4.90 Å². The lowest BCUT2D eigenvalue weighted by Crippen LogP contribution is -2.65. The van der Waals surface area contributed by atoms with Crippen molar-refractivity contribution >= 4 is 18.9 Å². The summed E-state index contributed by atoms with van der Waals surface area (Å²) in [5.41, 5.74) is 10.1. The zero-order chi connectivity index (χ0) is 20.6. The number of nitrogens with two attached hydrogens (primary N) is 2. The Morgan fingerprint density at radius 1 is 1.15 bits per heavy atom. The molecule has 0 spiro atoms. The van der Waals surface area contributed by atoms with Gasteiger partial charge in [0.05, 0.1) is 11.2 Å². The van der Waals surface area contributed by atoms with Gasteiger partial charge in [-0.3, -0.25) is 9.59 Å². The molecule has 2 aliphatic rings. The van der Waals surface area contributed by atoms with Crippen molar-refractivity contribution in [1.29, 1.82) is 0 Å². The van der Waals surface area contributed by atoms with Gasteiger partial charge in [-0.15, -0.1) is 0 Å². The van der Waals surface area contributed by atoms with E-state index in [0.29, 0.717) is 13.0 Å². The predicted octanol–water partition coefficient (Wildman–Crippen LogP) is 1.55. The first-order chi connectivity index (χ1) is 12.4. The first-order valence-electron chi connectivity index (χ1n) is 9.97. The number of likely N-dealkylation sites (N-methyl/N-ethyl adjacent to an activating group) is 1. The summed E-state index contributed by atoms with van der Waals surface area (Å²) in [6.07, 6.45) is 3.89. The molecule has 0 radical (unpaired) electrons. The van der Waals surface area contributed by atoms with Gasteiger partial charge >= 0.3 is 7.12 Å². The van der Waals surface area contributed by atoms with Crippen molar-refractivity contribution in [2.24, 2.45) is 23.3 Å². The Bertz CT molecular complexity index is 567. The van der Waals surface area contributed by atoms with Crippen LogP contribution in [-0.4, -0.2) is 54.2 Å². The summed E-state index contributed by atoms with van der Waals surface area (Å²) in [7, 11) is 1.41. The molecule has 2 fully saturated rings. The number of nitrogens with zero attached hydrogens (tertiary/aromatic N) is 1. The zero-order valence-electron chi connectivity index (χ0n) is 17.7. The number of rotatable bonds is 6. The van der Waals surface area contributed by atoms with Crippen LogP contribution in [0.4, 0.5) is 0 Å². The highest BCUT2D eigenvalue weighted by Crippen LogP contribution is 2.44. The molecule has 0 aromatic rings. The SMILES string of the molecule is CC(=O)N(C)C1(C(N)=O)C[C@H](CCB2OC(C)(C)C(C)(C)O2)CCC1CN. The molecule has 1 heterocycles. The van der Waals surface area contributed by atoms with Crippen LogP contribution in [0.15, 0.2) is 0 Å². The van der Waals surface area contributed by atoms with Crippen LogP contribution in [0, 0.1) is 11.8 Å². The second kappa shape index (κ2) is 7.72. The summed E-state index contributed by atoms with van der Waals surface area (Å²) in [6.45, 7) is 9.97. The molecule has 1 saturated heterocycles. The van der Waals surface area contributed by atoms with Crippen LogP contribution in [0.1, 0.15) is 60.3 Å². The van der Waals surface area contributed by atoms with E-state index < -0.39 is 11.4 Å². The summed E-state index contributed by atoms with van der Waals surface area (Å²) in [5.74, 6) is -0.479. The molecule has 3 atom stereocenters. The van der Waals surface area contributed by atoms with Gasteiger partial charge in [-0.05, 0) is 65.7 Å². The largest absolute Gasteiger partial charge is 0.457 e. The average Bonchev–Trinajstić information content (AvgIpc) is 2.78. The number of hydrogen-bond acceptors (Lipinski definition) is 5. The van der Waals surface area contributed by atoms with Gasteiger partial charge in [0, 0.05) is 19.9 Å². The monoisotopic (exact) mass is 381 g/mol. The highest BCUT2D eigenvalue weighted by Gasteiger charge is 2.53. The van der Waals surface area contributed by atoms with Crippen molar-refractivity contribution in [2.75, 3.05) is 13.6 Å².